The van der Waals surface area contributed by atoms with E-state index in [0.29, 0.717) is 22.2 Å². The summed E-state index contributed by atoms with van der Waals surface area (Å²) in [4.78, 5) is 29.4. The zero-order valence-electron chi connectivity index (χ0n) is 17.6. The van der Waals surface area contributed by atoms with Crippen LogP contribution in [0.25, 0.3) is 0 Å². The Morgan fingerprint density at radius 3 is 1.97 bits per heavy atom. The van der Waals surface area contributed by atoms with E-state index >= 15 is 0 Å². The number of nitrogens with zero attached hydrogens (tertiary/aromatic N) is 4. The largest absolute Gasteiger partial charge is 0.325 e. The molecule has 11 heteroatoms. The summed E-state index contributed by atoms with van der Waals surface area (Å²) in [6.45, 7) is 7.36. The summed E-state index contributed by atoms with van der Waals surface area (Å²) >= 11 is 1.25. The molecule has 164 valence electrons. The number of hydrogen-bond acceptors (Lipinski definition) is 9. The number of anilines is 2. The predicted octanol–water partition coefficient (Wildman–Crippen LogP) is 4.37. The zero-order chi connectivity index (χ0) is 22.6. The van der Waals surface area contributed by atoms with E-state index in [4.69, 9.17) is 0 Å². The van der Waals surface area contributed by atoms with Gasteiger partial charge in [-0.25, -0.2) is 24.7 Å². The van der Waals surface area contributed by atoms with Crippen LogP contribution >= 0.6 is 22.5 Å². The number of nitrogens with one attached hydrogen (secondary N) is 2. The van der Waals surface area contributed by atoms with Gasteiger partial charge in [0.15, 0.2) is 5.16 Å². The van der Waals surface area contributed by atoms with Crippen LogP contribution in [-0.2, 0) is 4.79 Å². The van der Waals surface area contributed by atoms with Crippen molar-refractivity contribution in [3.8, 4) is 0 Å². The van der Waals surface area contributed by atoms with Gasteiger partial charge in [-0.05, 0) is 64.1 Å². The highest BCUT2D eigenvalue weighted by molar-refractivity contribution is 8.25. The molecule has 3 aromatic rings. The molecule has 0 unspecified atom stereocenters. The molecule has 0 atom stereocenters. The van der Waals surface area contributed by atoms with Crippen molar-refractivity contribution in [3.63, 3.8) is 0 Å². The fraction of sp³-hybridized carbons (Fsp3) is 0.250. The van der Waals surface area contributed by atoms with Gasteiger partial charge in [0.05, 0.1) is 10.6 Å². The molecule has 2 aromatic heterocycles. The first-order valence-electron chi connectivity index (χ1n) is 9.34. The van der Waals surface area contributed by atoms with Gasteiger partial charge >= 0.3 is 0 Å². The maximum absolute atomic E-state index is 12.2. The number of rotatable bonds is 7. The Hall–Kier alpha value is -2.73. The minimum Gasteiger partial charge on any atom is -0.325 e. The second kappa shape index (κ2) is 9.60. The van der Waals surface area contributed by atoms with Gasteiger partial charge in [-0.15, -0.1) is 0 Å². The lowest BCUT2D eigenvalue weighted by Gasteiger charge is -2.32. The highest BCUT2D eigenvalue weighted by Crippen LogP contribution is 2.47. The fourth-order valence-electron chi connectivity index (χ4n) is 2.77. The molecule has 9 nitrogen and oxygen atoms in total. The number of amides is 1. The van der Waals surface area contributed by atoms with Crippen molar-refractivity contribution in [1.29, 1.82) is 0 Å². The molecule has 0 saturated carbocycles. The Morgan fingerprint density at radius 1 is 0.903 bits per heavy atom. The minimum atomic E-state index is -3.35. The molecule has 1 aromatic carbocycles. The second-order valence-corrected chi connectivity index (χ2v) is 9.64. The Kier molecular flexibility index (Phi) is 7.11. The summed E-state index contributed by atoms with van der Waals surface area (Å²) in [5.74, 6) is 0.0835. The topological polar surface area (TPSA) is 133 Å². The first-order chi connectivity index (χ1) is 14.6. The zero-order valence-corrected chi connectivity index (χ0v) is 19.2. The van der Waals surface area contributed by atoms with Gasteiger partial charge < -0.3 is 5.32 Å². The second-order valence-electron chi connectivity index (χ2n) is 6.92. The van der Waals surface area contributed by atoms with E-state index in [9.17, 15) is 13.9 Å². The van der Waals surface area contributed by atoms with Gasteiger partial charge in [-0.2, -0.15) is 0 Å². The number of aromatic nitrogens is 4. The van der Waals surface area contributed by atoms with Crippen LogP contribution in [0.4, 0.5) is 11.6 Å². The van der Waals surface area contributed by atoms with Crippen LogP contribution in [0.15, 0.2) is 46.5 Å². The summed E-state index contributed by atoms with van der Waals surface area (Å²) in [6, 6.07) is 9.92. The lowest BCUT2D eigenvalue weighted by atomic mass is 10.3. The smallest absolute Gasteiger partial charge is 0.242 e. The number of benzene rings is 1. The Labute approximate surface area is 186 Å². The third-order valence-electron chi connectivity index (χ3n) is 3.98. The molecule has 3 rings (SSSR count). The fourth-order valence-corrected chi connectivity index (χ4v) is 4.50. The average Bonchev–Trinajstić information content (AvgIpc) is 2.65. The molecule has 0 radical (unpaired) electrons. The van der Waals surface area contributed by atoms with E-state index in [-0.39, 0.29) is 22.5 Å². The average molecular weight is 461 g/mol. The molecule has 0 spiro atoms. The quantitative estimate of drug-likeness (QED) is 0.299. The molecular formula is C20H24N6O3S2. The molecular weight excluding hydrogens is 436 g/mol. The van der Waals surface area contributed by atoms with Gasteiger partial charge in [0.2, 0.25) is 11.9 Å². The van der Waals surface area contributed by atoms with Crippen LogP contribution in [0.2, 0.25) is 0 Å². The molecule has 0 aliphatic carbocycles. The van der Waals surface area contributed by atoms with Crippen molar-refractivity contribution in [2.75, 3.05) is 15.8 Å². The molecule has 31 heavy (non-hydrogen) atoms. The van der Waals surface area contributed by atoms with E-state index in [1.165, 1.54) is 23.9 Å². The van der Waals surface area contributed by atoms with Crippen molar-refractivity contribution >= 4 is 40.1 Å². The number of carbonyl (C=O) groups excluding carboxylic acids is 1. The van der Waals surface area contributed by atoms with Gasteiger partial charge in [0.25, 0.3) is 0 Å². The summed E-state index contributed by atoms with van der Waals surface area (Å²) in [7, 11) is -3.35. The third kappa shape index (κ3) is 6.62. The van der Waals surface area contributed by atoms with Gasteiger partial charge in [-0.1, -0.05) is 22.5 Å². The number of thioether (sulfide) groups is 1. The van der Waals surface area contributed by atoms with E-state index in [2.05, 4.69) is 30.0 Å². The standard InChI is InChI=1S/C20H24N6O3S2/c1-12-9-13(2)22-19(21-12)26-31(28,29)17-7-5-16(6-8-17)25-18(27)11-30-20-23-14(3)10-15(4)24-20/h5-10,28-29H,11H2,1-4H3,(H,25,27)(H,21,22,26). The normalized spacial score (nSPS) is 11.8. The summed E-state index contributed by atoms with van der Waals surface area (Å²) in [5, 5.41) is 3.32. The van der Waals surface area contributed by atoms with Gasteiger partial charge in [-0.3, -0.25) is 13.9 Å². The van der Waals surface area contributed by atoms with Crippen molar-refractivity contribution in [2.24, 2.45) is 0 Å². The Bertz CT molecular complexity index is 1050. The lowest BCUT2D eigenvalue weighted by molar-refractivity contribution is -0.113. The molecule has 1 amide bonds. The Morgan fingerprint density at radius 2 is 1.42 bits per heavy atom. The highest BCUT2D eigenvalue weighted by atomic mass is 32.3. The number of aryl methyl sites for hydroxylation is 4. The molecule has 0 bridgehead atoms. The van der Waals surface area contributed by atoms with E-state index in [1.54, 1.807) is 32.0 Å². The molecule has 4 N–H and O–H groups in total. The van der Waals surface area contributed by atoms with Crippen LogP contribution in [0.5, 0.6) is 0 Å². The van der Waals surface area contributed by atoms with Gasteiger partial charge in [0, 0.05) is 28.5 Å². The SMILES string of the molecule is Cc1cc(C)nc(NS(O)(O)c2ccc(NC(=O)CSc3nc(C)cc(C)n3)cc2)n1. The molecule has 2 heterocycles. The maximum atomic E-state index is 12.2. The van der Waals surface area contributed by atoms with Crippen LogP contribution in [0.3, 0.4) is 0 Å². The van der Waals surface area contributed by atoms with Crippen molar-refractivity contribution in [2.45, 2.75) is 37.7 Å². The van der Waals surface area contributed by atoms with Crippen LogP contribution in [-0.4, -0.2) is 40.7 Å². The monoisotopic (exact) mass is 460 g/mol. The first kappa shape index (κ1) is 22.9. The predicted molar refractivity (Wildman–Crippen MR) is 124 cm³/mol. The highest BCUT2D eigenvalue weighted by Gasteiger charge is 2.17. The van der Waals surface area contributed by atoms with Crippen LogP contribution in [0, 0.1) is 27.7 Å². The molecule has 0 saturated heterocycles. The van der Waals surface area contributed by atoms with Crippen molar-refractivity contribution < 1.29 is 13.9 Å². The van der Waals surface area contributed by atoms with E-state index in [0.717, 1.165) is 11.4 Å². The lowest BCUT2D eigenvalue weighted by Crippen LogP contribution is -2.15. The molecule has 0 aliphatic rings. The maximum Gasteiger partial charge on any atom is 0.242 e. The van der Waals surface area contributed by atoms with Crippen molar-refractivity contribution in [1.82, 2.24) is 19.9 Å². The molecule has 0 fully saturated rings. The molecule has 0 aliphatic heterocycles. The van der Waals surface area contributed by atoms with Gasteiger partial charge in [0.1, 0.15) is 0 Å². The number of carbonyl (C=O) groups is 1. The van der Waals surface area contributed by atoms with Crippen LogP contribution in [0.1, 0.15) is 22.8 Å². The number of hydrogen-bond donors (Lipinski definition) is 4. The Balaban J connectivity index is 1.60. The van der Waals surface area contributed by atoms with Crippen molar-refractivity contribution in [3.05, 3.63) is 59.2 Å². The minimum absolute atomic E-state index is 0.139. The summed E-state index contributed by atoms with van der Waals surface area (Å²) < 4.78 is 23.6. The summed E-state index contributed by atoms with van der Waals surface area (Å²) in [5.41, 5.74) is 3.67. The third-order valence-corrected chi connectivity index (χ3v) is 6.22. The van der Waals surface area contributed by atoms with E-state index < -0.39 is 10.8 Å². The van der Waals surface area contributed by atoms with E-state index in [1.807, 2.05) is 19.9 Å². The van der Waals surface area contributed by atoms with Crippen LogP contribution < -0.4 is 10.0 Å². The summed E-state index contributed by atoms with van der Waals surface area (Å²) in [6.07, 6.45) is 0. The first-order valence-corrected chi connectivity index (χ1v) is 11.9.